The van der Waals surface area contributed by atoms with Gasteiger partial charge in [-0.15, -0.1) is 0 Å². The second-order valence-corrected chi connectivity index (χ2v) is 12.8. The number of benzene rings is 2. The van der Waals surface area contributed by atoms with Crippen molar-refractivity contribution in [1.82, 2.24) is 0 Å². The van der Waals surface area contributed by atoms with Crippen molar-refractivity contribution in [2.75, 3.05) is 0 Å². The molecule has 0 aliphatic heterocycles. The van der Waals surface area contributed by atoms with Gasteiger partial charge in [-0.25, -0.2) is 9.36 Å². The minimum atomic E-state index is -1.20. The number of unbranched alkanes of at least 4 members (excludes halogenated alkanes) is 13. The zero-order chi connectivity index (χ0) is 30.3. The van der Waals surface area contributed by atoms with Crippen molar-refractivity contribution in [3.63, 3.8) is 0 Å². The average molecular weight is 610 g/mol. The van der Waals surface area contributed by atoms with Crippen LogP contribution in [0.5, 0.6) is 0 Å². The zero-order valence-corrected chi connectivity index (χ0v) is 26.7. The third-order valence-electron chi connectivity index (χ3n) is 6.97. The molecule has 0 aliphatic rings. The third kappa shape index (κ3) is 16.6. The van der Waals surface area contributed by atoms with Gasteiger partial charge in [0.15, 0.2) is 12.4 Å². The van der Waals surface area contributed by atoms with Crippen LogP contribution in [0.4, 0.5) is 0 Å². The Hall–Kier alpha value is -2.77. The van der Waals surface area contributed by atoms with Crippen LogP contribution >= 0.6 is 21.6 Å². The predicted octanol–water partition coefficient (Wildman–Crippen LogP) is 9.00. The molecular formula is C35H47NO4S2. The first kappa shape index (κ1) is 35.4. The highest BCUT2D eigenvalue weighted by Crippen LogP contribution is 2.37. The fraction of sp³-hybridized carbons (Fsp3) is 0.457. The Morgan fingerprint density at radius 1 is 0.619 bits per heavy atom. The van der Waals surface area contributed by atoms with Crippen molar-refractivity contribution < 1.29 is 24.4 Å². The maximum Gasteiger partial charge on any atom is 0.335 e. The summed E-state index contributed by atoms with van der Waals surface area (Å²) in [7, 11) is 2.93. The van der Waals surface area contributed by atoms with Crippen molar-refractivity contribution in [1.29, 1.82) is 0 Å². The minimum Gasteiger partial charge on any atom is -0.545 e. The molecule has 5 nitrogen and oxygen atoms in total. The second-order valence-electron chi connectivity index (χ2n) is 10.5. The summed E-state index contributed by atoms with van der Waals surface area (Å²) in [5, 5.41) is 19.4. The smallest absolute Gasteiger partial charge is 0.335 e. The molecule has 0 saturated heterocycles. The standard InChI is InChI=1S/C21H38N.C14H10O4S2/c1-2-3-4-5-6-7-8-9-10-11-12-13-14-16-19-22-20-17-15-18-21-22;15-13(16)9-1-5-11(6-2-9)19-20-12-7-3-10(4-8-12)14(17)18/h15,17-18,20-21H,2-14,16,19H2,1H3;1-8H,(H,15,16)(H,17,18)/q+1;/p-1. The normalized spacial score (nSPS) is 10.6. The molecule has 0 atom stereocenters. The van der Waals surface area contributed by atoms with E-state index in [-0.39, 0.29) is 11.1 Å². The van der Waals surface area contributed by atoms with Gasteiger partial charge in [-0.2, -0.15) is 0 Å². The van der Waals surface area contributed by atoms with Crippen LogP contribution in [-0.2, 0) is 6.54 Å². The van der Waals surface area contributed by atoms with Crippen molar-refractivity contribution >= 4 is 33.5 Å². The van der Waals surface area contributed by atoms with Crippen molar-refractivity contribution in [3.8, 4) is 0 Å². The zero-order valence-electron chi connectivity index (χ0n) is 25.0. The van der Waals surface area contributed by atoms with Crippen LogP contribution in [0.25, 0.3) is 0 Å². The molecule has 7 heteroatoms. The number of rotatable bonds is 20. The summed E-state index contributed by atoms with van der Waals surface area (Å²) in [6.45, 7) is 3.47. The monoisotopic (exact) mass is 609 g/mol. The van der Waals surface area contributed by atoms with E-state index in [0.717, 1.165) is 9.79 Å². The molecule has 0 spiro atoms. The van der Waals surface area contributed by atoms with Crippen LogP contribution in [-0.4, -0.2) is 17.0 Å². The Balaban J connectivity index is 0.000000294. The molecule has 0 fully saturated rings. The Morgan fingerprint density at radius 3 is 1.43 bits per heavy atom. The third-order valence-corrected chi connectivity index (χ3v) is 9.39. The molecule has 42 heavy (non-hydrogen) atoms. The summed E-state index contributed by atoms with van der Waals surface area (Å²) in [5.74, 6) is -2.15. The Labute approximate surface area is 260 Å². The number of carboxylic acids is 2. The average Bonchev–Trinajstić information content (AvgIpc) is 3.01. The maximum atomic E-state index is 10.7. The van der Waals surface area contributed by atoms with Gasteiger partial charge in [-0.05, 0) is 48.4 Å². The summed E-state index contributed by atoms with van der Waals surface area (Å²) >= 11 is 0. The first-order valence-corrected chi connectivity index (χ1v) is 17.6. The summed E-state index contributed by atoms with van der Waals surface area (Å²) in [5.41, 5.74) is 0.392. The number of aromatic carboxylic acids is 2. The van der Waals surface area contributed by atoms with Crippen LogP contribution in [0.2, 0.25) is 0 Å². The predicted molar refractivity (Wildman–Crippen MR) is 173 cm³/mol. The molecule has 0 unspecified atom stereocenters. The quantitative estimate of drug-likeness (QED) is 0.0782. The van der Waals surface area contributed by atoms with E-state index in [1.807, 2.05) is 0 Å². The van der Waals surface area contributed by atoms with Crippen LogP contribution in [0.15, 0.2) is 88.9 Å². The van der Waals surface area contributed by atoms with Crippen LogP contribution in [0, 0.1) is 0 Å². The van der Waals surface area contributed by atoms with Gasteiger partial charge < -0.3 is 15.0 Å². The lowest BCUT2D eigenvalue weighted by molar-refractivity contribution is -0.697. The highest BCUT2D eigenvalue weighted by Gasteiger charge is 2.03. The molecule has 0 aliphatic carbocycles. The fourth-order valence-corrected chi connectivity index (χ4v) is 6.40. The van der Waals surface area contributed by atoms with Crippen LogP contribution in [0.3, 0.4) is 0 Å². The van der Waals surface area contributed by atoms with Crippen LogP contribution < -0.4 is 9.67 Å². The van der Waals surface area contributed by atoms with Crippen molar-refractivity contribution in [3.05, 3.63) is 90.3 Å². The van der Waals surface area contributed by atoms with Gasteiger partial charge in [0.05, 0.1) is 11.5 Å². The van der Waals surface area contributed by atoms with Gasteiger partial charge in [-0.1, -0.05) is 124 Å². The number of aryl methyl sites for hydroxylation is 1. The van der Waals surface area contributed by atoms with Gasteiger partial charge in [0.1, 0.15) is 6.54 Å². The van der Waals surface area contributed by atoms with Crippen LogP contribution in [0.1, 0.15) is 118 Å². The van der Waals surface area contributed by atoms with Gasteiger partial charge in [0.25, 0.3) is 0 Å². The molecule has 0 amide bonds. The van der Waals surface area contributed by atoms with Crippen molar-refractivity contribution in [2.24, 2.45) is 0 Å². The number of nitrogens with zero attached hydrogens (tertiary/aromatic N) is 1. The number of pyridine rings is 1. The fourth-order valence-electron chi connectivity index (χ4n) is 4.47. The summed E-state index contributed by atoms with van der Waals surface area (Å²) in [6.07, 6.45) is 24.4. The number of carbonyl (C=O) groups excluding carboxylic acids is 1. The molecule has 2 aromatic carbocycles. The minimum absolute atomic E-state index is 0.144. The molecule has 1 N–H and O–H groups in total. The number of carboxylic acid groups (broad SMARTS) is 2. The number of aromatic nitrogens is 1. The first-order chi connectivity index (χ1) is 20.5. The lowest BCUT2D eigenvalue weighted by Gasteiger charge is -2.04. The molecular weight excluding hydrogens is 563 g/mol. The number of carbonyl (C=O) groups is 2. The Bertz CT molecular complexity index is 1060. The van der Waals surface area contributed by atoms with E-state index in [9.17, 15) is 14.7 Å². The summed E-state index contributed by atoms with van der Waals surface area (Å²) in [6, 6.07) is 19.3. The van der Waals surface area contributed by atoms with E-state index in [1.165, 1.54) is 130 Å². The number of hydrogen-bond donors (Lipinski definition) is 1. The molecule has 0 saturated carbocycles. The molecule has 228 valence electrons. The molecule has 0 bridgehead atoms. The maximum absolute atomic E-state index is 10.7. The molecule has 1 heterocycles. The highest BCUT2D eigenvalue weighted by molar-refractivity contribution is 8.76. The van der Waals surface area contributed by atoms with E-state index >= 15 is 0 Å². The van der Waals surface area contributed by atoms with E-state index in [2.05, 4.69) is 42.1 Å². The Kier molecular flexibility index (Phi) is 19.2. The van der Waals surface area contributed by atoms with Gasteiger partial charge >= 0.3 is 5.97 Å². The van der Waals surface area contributed by atoms with Crippen molar-refractivity contribution in [2.45, 2.75) is 113 Å². The SMILES string of the molecule is CCCCCCCCCCCCCCCC[n+]1ccccc1.O=C([O-])c1ccc(SSc2ccc(C(=O)O)cc2)cc1. The molecule has 1 aromatic heterocycles. The van der Waals surface area contributed by atoms with Gasteiger partial charge in [-0.3, -0.25) is 0 Å². The topological polar surface area (TPSA) is 81.3 Å². The summed E-state index contributed by atoms with van der Waals surface area (Å²) in [4.78, 5) is 23.1. The van der Waals surface area contributed by atoms with E-state index in [0.29, 0.717) is 0 Å². The number of hydrogen-bond acceptors (Lipinski definition) is 5. The first-order valence-electron chi connectivity index (χ1n) is 15.4. The van der Waals surface area contributed by atoms with E-state index in [4.69, 9.17) is 5.11 Å². The Morgan fingerprint density at radius 2 is 1.02 bits per heavy atom. The van der Waals surface area contributed by atoms with E-state index < -0.39 is 11.9 Å². The lowest BCUT2D eigenvalue weighted by atomic mass is 10.0. The summed E-state index contributed by atoms with van der Waals surface area (Å²) < 4.78 is 2.29. The molecule has 0 radical (unpaired) electrons. The molecule has 3 aromatic rings. The molecule has 3 rings (SSSR count). The van der Waals surface area contributed by atoms with Gasteiger partial charge in [0.2, 0.25) is 0 Å². The lowest BCUT2D eigenvalue weighted by Crippen LogP contribution is -2.32. The van der Waals surface area contributed by atoms with Gasteiger partial charge in [0, 0.05) is 28.3 Å². The largest absolute Gasteiger partial charge is 0.545 e. The van der Waals surface area contributed by atoms with E-state index in [1.54, 1.807) is 36.4 Å². The highest BCUT2D eigenvalue weighted by atomic mass is 33.1. The second kappa shape index (κ2) is 22.8.